The lowest BCUT2D eigenvalue weighted by atomic mass is 10.0. The number of rotatable bonds is 36. The number of hydrogen-bond donors (Lipinski definition) is 0. The van der Waals surface area contributed by atoms with Gasteiger partial charge in [-0.15, -0.1) is 0 Å². The van der Waals surface area contributed by atoms with Gasteiger partial charge in [-0.1, -0.05) is 195 Å². The third-order valence-corrected chi connectivity index (χ3v) is 9.94. The maximum absolute atomic E-state index is 2.40. The molecule has 0 rings (SSSR count). The van der Waals surface area contributed by atoms with Gasteiger partial charge in [-0.25, -0.2) is 0 Å². The second-order valence-electron chi connectivity index (χ2n) is 14.1. The highest BCUT2D eigenvalue weighted by atomic mass is 79.9. The zero-order valence-corrected chi connectivity index (χ0v) is 31.9. The first-order valence-corrected chi connectivity index (χ1v) is 20.1. The third-order valence-electron chi connectivity index (χ3n) is 9.94. The fourth-order valence-corrected chi connectivity index (χ4v) is 6.94. The zero-order valence-electron chi connectivity index (χ0n) is 30.3. The Labute approximate surface area is 279 Å². The highest BCUT2D eigenvalue weighted by molar-refractivity contribution is 4.54. The molecule has 0 radical (unpaired) electrons. The Morgan fingerprint density at radius 2 is 0.381 bits per heavy atom. The van der Waals surface area contributed by atoms with Crippen molar-refractivity contribution in [3.05, 3.63) is 0 Å². The van der Waals surface area contributed by atoms with E-state index >= 15 is 0 Å². The fraction of sp³-hybridized carbons (Fsp3) is 1.00. The maximum atomic E-state index is 2.40. The molecule has 0 spiro atoms. The van der Waals surface area contributed by atoms with E-state index < -0.39 is 0 Å². The smallest absolute Gasteiger partial charge is 0.0786 e. The van der Waals surface area contributed by atoms with Gasteiger partial charge < -0.3 is 21.5 Å². The first-order valence-electron chi connectivity index (χ1n) is 20.1. The molecular formula is C40H84BrN. The van der Waals surface area contributed by atoms with Crippen LogP contribution in [-0.4, -0.2) is 30.7 Å². The molecule has 0 saturated carbocycles. The number of quaternary nitrogens is 1. The van der Waals surface area contributed by atoms with Crippen molar-refractivity contribution in [2.75, 3.05) is 26.2 Å². The van der Waals surface area contributed by atoms with E-state index in [2.05, 4.69) is 27.7 Å². The van der Waals surface area contributed by atoms with Gasteiger partial charge in [-0.05, 0) is 38.5 Å². The van der Waals surface area contributed by atoms with Gasteiger partial charge in [0, 0.05) is 0 Å². The van der Waals surface area contributed by atoms with Crippen LogP contribution in [0.1, 0.15) is 233 Å². The third kappa shape index (κ3) is 31.9. The number of hydrogen-bond acceptors (Lipinski definition) is 0. The maximum Gasteiger partial charge on any atom is 0.0786 e. The summed E-state index contributed by atoms with van der Waals surface area (Å²) in [4.78, 5) is 0. The molecule has 0 unspecified atom stereocenters. The van der Waals surface area contributed by atoms with Crippen molar-refractivity contribution in [1.82, 2.24) is 0 Å². The second-order valence-corrected chi connectivity index (χ2v) is 14.1. The van der Waals surface area contributed by atoms with E-state index in [4.69, 9.17) is 0 Å². The van der Waals surface area contributed by atoms with Crippen LogP contribution in [0.5, 0.6) is 0 Å². The van der Waals surface area contributed by atoms with Crippen molar-refractivity contribution in [3.63, 3.8) is 0 Å². The fourth-order valence-electron chi connectivity index (χ4n) is 6.94. The number of unbranched alkanes of at least 4 members (excludes halogenated alkanes) is 28. The summed E-state index contributed by atoms with van der Waals surface area (Å²) < 4.78 is 1.46. The van der Waals surface area contributed by atoms with Crippen LogP contribution in [-0.2, 0) is 0 Å². The molecule has 2 heteroatoms. The Morgan fingerprint density at radius 3 is 0.595 bits per heavy atom. The molecule has 1 nitrogen and oxygen atoms in total. The van der Waals surface area contributed by atoms with Crippen molar-refractivity contribution < 1.29 is 21.5 Å². The zero-order chi connectivity index (χ0) is 30.0. The average Bonchev–Trinajstić information content (AvgIpc) is 2.99. The first kappa shape index (κ1) is 44.6. The van der Waals surface area contributed by atoms with E-state index in [1.165, 1.54) is 236 Å². The van der Waals surface area contributed by atoms with Gasteiger partial charge in [0.25, 0.3) is 0 Å². The van der Waals surface area contributed by atoms with Crippen LogP contribution >= 0.6 is 0 Å². The lowest BCUT2D eigenvalue weighted by Crippen LogP contribution is -3.00. The minimum absolute atomic E-state index is 0. The summed E-state index contributed by atoms with van der Waals surface area (Å²) in [6.45, 7) is 15.3. The van der Waals surface area contributed by atoms with Crippen LogP contribution in [0.3, 0.4) is 0 Å². The summed E-state index contributed by atoms with van der Waals surface area (Å²) in [5, 5.41) is 0. The summed E-state index contributed by atoms with van der Waals surface area (Å²) in [5.74, 6) is 0. The molecule has 0 aliphatic heterocycles. The first-order chi connectivity index (χ1) is 20.2. The van der Waals surface area contributed by atoms with Crippen LogP contribution < -0.4 is 17.0 Å². The summed E-state index contributed by atoms with van der Waals surface area (Å²) in [6, 6.07) is 0. The molecule has 0 aromatic carbocycles. The molecule has 0 aliphatic rings. The Bertz CT molecular complexity index is 423. The molecule has 0 fully saturated rings. The predicted molar refractivity (Wildman–Crippen MR) is 190 cm³/mol. The SMILES string of the molecule is CCCCCCCCCCCCCCCC[N+](CCCC)(CCCC)CCCCCCCCCCCCCCCC.[Br-]. The lowest BCUT2D eigenvalue weighted by molar-refractivity contribution is -0.929. The summed E-state index contributed by atoms with van der Waals surface area (Å²) >= 11 is 0. The molecule has 0 aromatic heterocycles. The summed E-state index contributed by atoms with van der Waals surface area (Å²) in [6.07, 6.45) is 46.8. The molecule has 0 bridgehead atoms. The van der Waals surface area contributed by atoms with Gasteiger partial charge in [0.1, 0.15) is 0 Å². The van der Waals surface area contributed by atoms with Crippen LogP contribution in [0.25, 0.3) is 0 Å². The Kier molecular flexibility index (Phi) is 39.9. The molecule has 0 aliphatic carbocycles. The molecule has 0 atom stereocenters. The quantitative estimate of drug-likeness (QED) is 0.0464. The molecular weight excluding hydrogens is 574 g/mol. The molecule has 0 amide bonds. The Balaban J connectivity index is 0. The Hall–Kier alpha value is 0.440. The summed E-state index contributed by atoms with van der Waals surface area (Å²) in [7, 11) is 0. The van der Waals surface area contributed by atoms with Crippen LogP contribution in [0.2, 0.25) is 0 Å². The molecule has 42 heavy (non-hydrogen) atoms. The standard InChI is InChI=1S/C40H84N.BrH/c1-5-9-13-15-17-19-21-23-25-27-29-31-33-35-39-41(37-11-7-3,38-12-8-4)40-36-34-32-30-28-26-24-22-20-18-16-14-10-6-2;/h5-40H2,1-4H3;1H/q+1;/p-1. The van der Waals surface area contributed by atoms with Crippen molar-refractivity contribution in [2.45, 2.75) is 233 Å². The van der Waals surface area contributed by atoms with E-state index in [0.29, 0.717) is 0 Å². The van der Waals surface area contributed by atoms with E-state index in [9.17, 15) is 0 Å². The Morgan fingerprint density at radius 1 is 0.214 bits per heavy atom. The van der Waals surface area contributed by atoms with Gasteiger partial charge in [0.15, 0.2) is 0 Å². The predicted octanol–water partition coefficient (Wildman–Crippen LogP) is 11.4. The van der Waals surface area contributed by atoms with Crippen molar-refractivity contribution in [2.24, 2.45) is 0 Å². The van der Waals surface area contributed by atoms with Gasteiger partial charge in [0.05, 0.1) is 26.2 Å². The van der Waals surface area contributed by atoms with Crippen molar-refractivity contribution in [1.29, 1.82) is 0 Å². The van der Waals surface area contributed by atoms with E-state index in [1.807, 2.05) is 0 Å². The second kappa shape index (κ2) is 37.6. The van der Waals surface area contributed by atoms with Crippen molar-refractivity contribution >= 4 is 0 Å². The molecule has 0 heterocycles. The summed E-state index contributed by atoms with van der Waals surface area (Å²) in [5.41, 5.74) is 0. The average molecular weight is 659 g/mol. The van der Waals surface area contributed by atoms with Gasteiger partial charge in [-0.2, -0.15) is 0 Å². The van der Waals surface area contributed by atoms with Gasteiger partial charge >= 0.3 is 0 Å². The lowest BCUT2D eigenvalue weighted by Gasteiger charge is -2.39. The van der Waals surface area contributed by atoms with Crippen molar-refractivity contribution in [3.8, 4) is 0 Å². The molecule has 0 aromatic rings. The van der Waals surface area contributed by atoms with E-state index in [1.54, 1.807) is 0 Å². The number of halogens is 1. The topological polar surface area (TPSA) is 0 Å². The van der Waals surface area contributed by atoms with Crippen LogP contribution in [0, 0.1) is 0 Å². The van der Waals surface area contributed by atoms with E-state index in [0.717, 1.165) is 0 Å². The van der Waals surface area contributed by atoms with Crippen LogP contribution in [0.4, 0.5) is 0 Å². The monoisotopic (exact) mass is 658 g/mol. The normalized spacial score (nSPS) is 11.7. The highest BCUT2D eigenvalue weighted by Gasteiger charge is 2.25. The molecule has 0 saturated heterocycles. The minimum atomic E-state index is 0. The van der Waals surface area contributed by atoms with Gasteiger partial charge in [0.2, 0.25) is 0 Å². The number of nitrogens with zero attached hydrogens (tertiary/aromatic N) is 1. The molecule has 0 N–H and O–H groups in total. The molecule has 256 valence electrons. The van der Waals surface area contributed by atoms with Crippen LogP contribution in [0.15, 0.2) is 0 Å². The van der Waals surface area contributed by atoms with Gasteiger partial charge in [-0.3, -0.25) is 0 Å². The largest absolute Gasteiger partial charge is 1.00 e. The highest BCUT2D eigenvalue weighted by Crippen LogP contribution is 2.20. The van der Waals surface area contributed by atoms with E-state index in [-0.39, 0.29) is 17.0 Å². The minimum Gasteiger partial charge on any atom is -1.00 e.